The monoisotopic (exact) mass is 286 g/mol. The fourth-order valence-electron chi connectivity index (χ4n) is 3.32. The zero-order chi connectivity index (χ0) is 14.7. The van der Waals surface area contributed by atoms with Crippen LogP contribution in [0.15, 0.2) is 24.4 Å². The van der Waals surface area contributed by atoms with Crippen molar-refractivity contribution in [2.45, 2.75) is 46.3 Å². The lowest BCUT2D eigenvalue weighted by molar-refractivity contribution is 0.0803. The smallest absolute Gasteiger partial charge is 0.122 e. The molecule has 0 bridgehead atoms. The quantitative estimate of drug-likeness (QED) is 0.741. The topological polar surface area (TPSA) is 17.4 Å². The third-order valence-corrected chi connectivity index (χ3v) is 4.37. The summed E-state index contributed by atoms with van der Waals surface area (Å²) in [4.78, 5) is 2.54. The van der Waals surface area contributed by atoms with Crippen LogP contribution in [0.5, 0.6) is 0 Å². The van der Waals surface area contributed by atoms with Crippen LogP contribution in [0.3, 0.4) is 0 Å². The van der Waals surface area contributed by atoms with E-state index < -0.39 is 0 Å². The fourth-order valence-corrected chi connectivity index (χ4v) is 3.32. The number of aryl methyl sites for hydroxylation is 1. The average Bonchev–Trinajstić information content (AvgIpc) is 3.15. The SMILES string of the molecule is CCCOCn1cc(CC)c2c(N3CCCC3)cccc21. The molecule has 3 heteroatoms. The Bertz CT molecular complexity index is 597. The molecule has 3 nitrogen and oxygen atoms in total. The van der Waals surface area contributed by atoms with Crippen molar-refractivity contribution in [1.29, 1.82) is 0 Å². The van der Waals surface area contributed by atoms with E-state index in [1.165, 1.54) is 48.1 Å². The highest BCUT2D eigenvalue weighted by atomic mass is 16.5. The van der Waals surface area contributed by atoms with Gasteiger partial charge in [-0.1, -0.05) is 19.9 Å². The molecule has 114 valence electrons. The maximum absolute atomic E-state index is 5.75. The van der Waals surface area contributed by atoms with Gasteiger partial charge in [-0.05, 0) is 43.4 Å². The summed E-state index contributed by atoms with van der Waals surface area (Å²) in [6.07, 6.45) is 7.05. The lowest BCUT2D eigenvalue weighted by Crippen LogP contribution is -2.17. The van der Waals surface area contributed by atoms with Crippen LogP contribution < -0.4 is 4.90 Å². The number of anilines is 1. The van der Waals surface area contributed by atoms with Gasteiger partial charge in [0.05, 0.1) is 5.52 Å². The molecule has 0 saturated carbocycles. The standard InChI is InChI=1S/C18H26N2O/c1-3-12-21-14-20-13-15(4-2)18-16(8-7-9-17(18)20)19-10-5-6-11-19/h7-9,13H,3-6,10-12,14H2,1-2H3. The van der Waals surface area contributed by atoms with Gasteiger partial charge >= 0.3 is 0 Å². The number of fused-ring (bicyclic) bond motifs is 1. The molecule has 1 fully saturated rings. The molecule has 3 rings (SSSR count). The summed E-state index contributed by atoms with van der Waals surface area (Å²) in [5.74, 6) is 0. The van der Waals surface area contributed by atoms with Crippen LogP contribution in [-0.4, -0.2) is 24.3 Å². The number of ether oxygens (including phenoxy) is 1. The Hall–Kier alpha value is -1.48. The highest BCUT2D eigenvalue weighted by molar-refractivity contribution is 5.96. The minimum Gasteiger partial charge on any atom is -0.371 e. The molecule has 21 heavy (non-hydrogen) atoms. The van der Waals surface area contributed by atoms with E-state index in [9.17, 15) is 0 Å². The fraction of sp³-hybridized carbons (Fsp3) is 0.556. The second-order valence-corrected chi connectivity index (χ2v) is 5.88. The number of benzene rings is 1. The van der Waals surface area contributed by atoms with E-state index in [0.717, 1.165) is 19.4 Å². The Morgan fingerprint density at radius 2 is 1.95 bits per heavy atom. The molecular weight excluding hydrogens is 260 g/mol. The van der Waals surface area contributed by atoms with Gasteiger partial charge in [-0.15, -0.1) is 0 Å². The van der Waals surface area contributed by atoms with Crippen molar-refractivity contribution in [2.24, 2.45) is 0 Å². The Kier molecular flexibility index (Phi) is 4.49. The molecule has 0 spiro atoms. The van der Waals surface area contributed by atoms with Crippen LogP contribution in [0.2, 0.25) is 0 Å². The van der Waals surface area contributed by atoms with Crippen molar-refractivity contribution < 1.29 is 4.74 Å². The highest BCUT2D eigenvalue weighted by Gasteiger charge is 2.18. The second kappa shape index (κ2) is 6.52. The van der Waals surface area contributed by atoms with Gasteiger partial charge in [0, 0.05) is 37.0 Å². The Morgan fingerprint density at radius 3 is 2.67 bits per heavy atom. The van der Waals surface area contributed by atoms with Crippen LogP contribution in [0.1, 0.15) is 38.7 Å². The summed E-state index contributed by atoms with van der Waals surface area (Å²) in [6, 6.07) is 6.69. The number of nitrogens with zero attached hydrogens (tertiary/aromatic N) is 2. The van der Waals surface area contributed by atoms with E-state index in [2.05, 4.69) is 47.7 Å². The summed E-state index contributed by atoms with van der Waals surface area (Å²) in [7, 11) is 0. The zero-order valence-electron chi connectivity index (χ0n) is 13.3. The maximum atomic E-state index is 5.75. The van der Waals surface area contributed by atoms with Gasteiger partial charge in [0.1, 0.15) is 6.73 Å². The van der Waals surface area contributed by atoms with Gasteiger partial charge in [-0.3, -0.25) is 0 Å². The van der Waals surface area contributed by atoms with Gasteiger partial charge in [0.2, 0.25) is 0 Å². The molecule has 2 aromatic rings. The molecule has 1 saturated heterocycles. The van der Waals surface area contributed by atoms with Crippen LogP contribution in [0.25, 0.3) is 10.9 Å². The largest absolute Gasteiger partial charge is 0.371 e. The van der Waals surface area contributed by atoms with E-state index in [1.807, 2.05) is 0 Å². The van der Waals surface area contributed by atoms with Crippen molar-refractivity contribution in [3.8, 4) is 0 Å². The first-order chi connectivity index (χ1) is 10.3. The maximum Gasteiger partial charge on any atom is 0.122 e. The van der Waals surface area contributed by atoms with Crippen LogP contribution in [0, 0.1) is 0 Å². The van der Waals surface area contributed by atoms with Crippen molar-refractivity contribution >= 4 is 16.6 Å². The Labute approximate surface area is 127 Å². The Balaban J connectivity index is 2.01. The molecular formula is C18H26N2O. The van der Waals surface area contributed by atoms with E-state index in [-0.39, 0.29) is 0 Å². The predicted octanol–water partition coefficient (Wildman–Crippen LogP) is 4.19. The normalized spacial score (nSPS) is 15.2. The van der Waals surface area contributed by atoms with Gasteiger partial charge in [-0.2, -0.15) is 0 Å². The Morgan fingerprint density at radius 1 is 1.14 bits per heavy atom. The van der Waals surface area contributed by atoms with Crippen LogP contribution in [-0.2, 0) is 17.9 Å². The summed E-state index contributed by atoms with van der Waals surface area (Å²) in [6.45, 7) is 8.27. The third kappa shape index (κ3) is 2.80. The number of hydrogen-bond donors (Lipinski definition) is 0. The second-order valence-electron chi connectivity index (χ2n) is 5.88. The van der Waals surface area contributed by atoms with Crippen molar-refractivity contribution in [3.63, 3.8) is 0 Å². The average molecular weight is 286 g/mol. The third-order valence-electron chi connectivity index (χ3n) is 4.37. The number of hydrogen-bond acceptors (Lipinski definition) is 2. The molecule has 1 aromatic heterocycles. The van der Waals surface area contributed by atoms with Crippen LogP contribution >= 0.6 is 0 Å². The molecule has 0 unspecified atom stereocenters. The minimum atomic E-state index is 0.661. The molecule has 0 aliphatic carbocycles. The van der Waals surface area contributed by atoms with E-state index >= 15 is 0 Å². The van der Waals surface area contributed by atoms with Crippen LogP contribution in [0.4, 0.5) is 5.69 Å². The lowest BCUT2D eigenvalue weighted by Gasteiger charge is -2.19. The zero-order valence-corrected chi connectivity index (χ0v) is 13.3. The summed E-state index contributed by atoms with van der Waals surface area (Å²) in [5.41, 5.74) is 4.16. The van der Waals surface area contributed by atoms with Gasteiger partial charge in [-0.25, -0.2) is 0 Å². The summed E-state index contributed by atoms with van der Waals surface area (Å²) in [5, 5.41) is 1.43. The number of rotatable bonds is 6. The highest BCUT2D eigenvalue weighted by Crippen LogP contribution is 2.33. The number of aromatic nitrogens is 1. The summed E-state index contributed by atoms with van der Waals surface area (Å²) >= 11 is 0. The molecule has 1 aliphatic heterocycles. The molecule has 0 N–H and O–H groups in total. The predicted molar refractivity (Wildman–Crippen MR) is 89.0 cm³/mol. The van der Waals surface area contributed by atoms with E-state index in [1.54, 1.807) is 0 Å². The van der Waals surface area contributed by atoms with E-state index in [0.29, 0.717) is 6.73 Å². The van der Waals surface area contributed by atoms with Crippen molar-refractivity contribution in [2.75, 3.05) is 24.6 Å². The minimum absolute atomic E-state index is 0.661. The first kappa shape index (κ1) is 14.5. The molecule has 1 aliphatic rings. The van der Waals surface area contributed by atoms with E-state index in [4.69, 9.17) is 4.74 Å². The summed E-state index contributed by atoms with van der Waals surface area (Å²) < 4.78 is 8.02. The molecule has 1 aromatic carbocycles. The first-order valence-electron chi connectivity index (χ1n) is 8.28. The molecule has 0 atom stereocenters. The van der Waals surface area contributed by atoms with Gasteiger partial charge in [0.25, 0.3) is 0 Å². The van der Waals surface area contributed by atoms with Crippen molar-refractivity contribution in [3.05, 3.63) is 30.0 Å². The first-order valence-corrected chi connectivity index (χ1v) is 8.28. The molecule has 0 radical (unpaired) electrons. The molecule has 2 heterocycles. The van der Waals surface area contributed by atoms with Gasteiger partial charge < -0.3 is 14.2 Å². The lowest BCUT2D eigenvalue weighted by atomic mass is 10.1. The molecule has 0 amide bonds. The van der Waals surface area contributed by atoms with Gasteiger partial charge in [0.15, 0.2) is 0 Å². The van der Waals surface area contributed by atoms with Crippen molar-refractivity contribution in [1.82, 2.24) is 4.57 Å².